The molecule has 20 heavy (non-hydrogen) atoms. The number of hydrogen-bond acceptors (Lipinski definition) is 5. The van der Waals surface area contributed by atoms with Gasteiger partial charge in [0.25, 0.3) is 0 Å². The average molecular weight is 275 g/mol. The van der Waals surface area contributed by atoms with Gasteiger partial charge in [-0.1, -0.05) is 18.2 Å². The van der Waals surface area contributed by atoms with E-state index in [0.717, 1.165) is 17.5 Å². The van der Waals surface area contributed by atoms with Crippen LogP contribution in [-0.2, 0) is 19.2 Å². The van der Waals surface area contributed by atoms with Crippen LogP contribution in [0.15, 0.2) is 24.3 Å². The molecule has 1 saturated heterocycles. The van der Waals surface area contributed by atoms with Gasteiger partial charge in [0.1, 0.15) is 18.7 Å². The number of aldehydes is 3. The first-order valence-corrected chi connectivity index (χ1v) is 6.58. The molecule has 0 N–H and O–H groups in total. The van der Waals surface area contributed by atoms with E-state index in [1.807, 2.05) is 31.2 Å². The van der Waals surface area contributed by atoms with Gasteiger partial charge in [-0.15, -0.1) is 0 Å². The molecule has 0 aromatic heterocycles. The Hall–Kier alpha value is -2.01. The van der Waals surface area contributed by atoms with Gasteiger partial charge in [0, 0.05) is 0 Å². The van der Waals surface area contributed by atoms with Gasteiger partial charge in [0.05, 0.1) is 17.6 Å². The van der Waals surface area contributed by atoms with Crippen LogP contribution in [-0.4, -0.2) is 31.0 Å². The Morgan fingerprint density at radius 1 is 1.20 bits per heavy atom. The summed E-state index contributed by atoms with van der Waals surface area (Å²) in [6, 6.07) is 7.14. The van der Waals surface area contributed by atoms with Crippen LogP contribution in [0.4, 0.5) is 5.69 Å². The number of carbonyl (C=O) groups excluding carboxylic acids is 3. The van der Waals surface area contributed by atoms with Crippen LogP contribution in [0.3, 0.4) is 0 Å². The second kappa shape index (κ2) is 6.43. The summed E-state index contributed by atoms with van der Waals surface area (Å²) in [5.74, 6) is -0.762. The van der Waals surface area contributed by atoms with Crippen LogP contribution < -0.4 is 5.06 Å². The number of hydroxylamine groups is 1. The molecule has 0 spiro atoms. The summed E-state index contributed by atoms with van der Waals surface area (Å²) in [6.45, 7) is 1.91. The van der Waals surface area contributed by atoms with E-state index < -0.39 is 12.0 Å². The second-order valence-corrected chi connectivity index (χ2v) is 4.89. The minimum absolute atomic E-state index is 0.373. The highest BCUT2D eigenvalue weighted by molar-refractivity contribution is 5.79. The summed E-state index contributed by atoms with van der Waals surface area (Å²) in [5, 5.41) is 1.55. The van der Waals surface area contributed by atoms with Crippen molar-refractivity contribution in [2.45, 2.75) is 31.9 Å². The van der Waals surface area contributed by atoms with Crippen molar-refractivity contribution in [1.82, 2.24) is 0 Å². The van der Waals surface area contributed by atoms with Crippen molar-refractivity contribution in [2.75, 3.05) is 5.06 Å². The Kier molecular flexibility index (Phi) is 4.63. The molecule has 0 saturated carbocycles. The van der Waals surface area contributed by atoms with Crippen LogP contribution in [0.2, 0.25) is 0 Å². The Labute approximate surface area is 117 Å². The average Bonchev–Trinajstić information content (AvgIpc) is 2.49. The number of hydrogen-bond donors (Lipinski definition) is 0. The predicted molar refractivity (Wildman–Crippen MR) is 73.2 cm³/mol. The third kappa shape index (κ3) is 2.77. The van der Waals surface area contributed by atoms with Crippen LogP contribution in [0.5, 0.6) is 0 Å². The van der Waals surface area contributed by atoms with E-state index in [1.54, 1.807) is 5.06 Å². The zero-order valence-corrected chi connectivity index (χ0v) is 11.3. The molecule has 1 aromatic rings. The molecule has 1 aliphatic heterocycles. The maximum absolute atomic E-state index is 11.1. The number of rotatable bonds is 5. The SMILES string of the molecule is Cc1ccccc1N1O[C@@H](C=O)CC[C@@H]1C(C=O)C=O. The maximum Gasteiger partial charge on any atom is 0.151 e. The molecule has 1 aromatic carbocycles. The molecule has 0 aliphatic carbocycles. The van der Waals surface area contributed by atoms with Gasteiger partial charge in [0.2, 0.25) is 0 Å². The first-order chi connectivity index (χ1) is 9.71. The normalized spacial score (nSPS) is 22.6. The molecule has 5 nitrogen and oxygen atoms in total. The lowest BCUT2D eigenvalue weighted by Gasteiger charge is -2.40. The molecule has 0 unspecified atom stereocenters. The number of carbonyl (C=O) groups is 3. The van der Waals surface area contributed by atoms with E-state index in [1.165, 1.54) is 0 Å². The summed E-state index contributed by atoms with van der Waals surface area (Å²) in [5.41, 5.74) is 1.73. The van der Waals surface area contributed by atoms with Crippen molar-refractivity contribution in [3.05, 3.63) is 29.8 Å². The fourth-order valence-corrected chi connectivity index (χ4v) is 2.43. The van der Waals surface area contributed by atoms with E-state index in [4.69, 9.17) is 4.84 Å². The van der Waals surface area contributed by atoms with Gasteiger partial charge in [0.15, 0.2) is 6.29 Å². The third-order valence-electron chi connectivity index (χ3n) is 3.56. The summed E-state index contributed by atoms with van der Waals surface area (Å²) < 4.78 is 0. The molecule has 1 aliphatic rings. The quantitative estimate of drug-likeness (QED) is 0.601. The summed E-state index contributed by atoms with van der Waals surface area (Å²) >= 11 is 0. The Morgan fingerprint density at radius 2 is 1.90 bits per heavy atom. The zero-order chi connectivity index (χ0) is 14.5. The van der Waals surface area contributed by atoms with E-state index >= 15 is 0 Å². The van der Waals surface area contributed by atoms with Gasteiger partial charge >= 0.3 is 0 Å². The summed E-state index contributed by atoms with van der Waals surface area (Å²) in [7, 11) is 0. The largest absolute Gasteiger partial charge is 0.303 e. The van der Waals surface area contributed by atoms with Crippen LogP contribution >= 0.6 is 0 Å². The highest BCUT2D eigenvalue weighted by atomic mass is 16.7. The standard InChI is InChI=1S/C15H17NO4/c1-11-4-2-3-5-14(11)16-15(12(8-17)9-18)7-6-13(10-19)20-16/h2-5,8-10,12-13,15H,6-7H2,1H3/t13-,15-/m1/s1. The van der Waals surface area contributed by atoms with Crippen LogP contribution in [0, 0.1) is 12.8 Å². The minimum Gasteiger partial charge on any atom is -0.303 e. The maximum atomic E-state index is 11.1. The van der Waals surface area contributed by atoms with E-state index in [-0.39, 0.29) is 6.04 Å². The molecule has 0 bridgehead atoms. The van der Waals surface area contributed by atoms with Crippen molar-refractivity contribution >= 4 is 24.5 Å². The molecule has 2 atom stereocenters. The number of aryl methyl sites for hydroxylation is 1. The lowest BCUT2D eigenvalue weighted by atomic mass is 9.94. The summed E-state index contributed by atoms with van der Waals surface area (Å²) in [4.78, 5) is 38.7. The van der Waals surface area contributed by atoms with Gasteiger partial charge in [-0.3, -0.25) is 4.84 Å². The van der Waals surface area contributed by atoms with E-state index in [2.05, 4.69) is 0 Å². The van der Waals surface area contributed by atoms with Crippen molar-refractivity contribution in [1.29, 1.82) is 0 Å². The van der Waals surface area contributed by atoms with Crippen molar-refractivity contribution < 1.29 is 19.2 Å². The van der Waals surface area contributed by atoms with Crippen molar-refractivity contribution in [3.8, 4) is 0 Å². The highest BCUT2D eigenvalue weighted by Crippen LogP contribution is 2.31. The number of anilines is 1. The van der Waals surface area contributed by atoms with Gasteiger partial charge in [-0.25, -0.2) is 5.06 Å². The predicted octanol–water partition coefficient (Wildman–Crippen LogP) is 1.48. The molecule has 0 amide bonds. The minimum atomic E-state index is -0.762. The number of para-hydroxylation sites is 1. The fraction of sp³-hybridized carbons (Fsp3) is 0.400. The molecular formula is C15H17NO4. The zero-order valence-electron chi connectivity index (χ0n) is 11.3. The molecule has 1 heterocycles. The second-order valence-electron chi connectivity index (χ2n) is 4.89. The lowest BCUT2D eigenvalue weighted by Crippen LogP contribution is -2.49. The Morgan fingerprint density at radius 3 is 2.50 bits per heavy atom. The summed E-state index contributed by atoms with van der Waals surface area (Å²) in [6.07, 6.45) is 2.54. The molecule has 1 fully saturated rings. The molecule has 106 valence electrons. The van der Waals surface area contributed by atoms with Gasteiger partial charge in [-0.2, -0.15) is 0 Å². The smallest absolute Gasteiger partial charge is 0.151 e. The van der Waals surface area contributed by atoms with E-state index in [0.29, 0.717) is 25.4 Å². The van der Waals surface area contributed by atoms with Crippen LogP contribution in [0.25, 0.3) is 0 Å². The molecular weight excluding hydrogens is 258 g/mol. The van der Waals surface area contributed by atoms with E-state index in [9.17, 15) is 14.4 Å². The molecule has 2 rings (SSSR count). The van der Waals surface area contributed by atoms with Gasteiger partial charge < -0.3 is 14.4 Å². The molecule has 5 heteroatoms. The molecule has 0 radical (unpaired) electrons. The fourth-order valence-electron chi connectivity index (χ4n) is 2.43. The first-order valence-electron chi connectivity index (χ1n) is 6.58. The van der Waals surface area contributed by atoms with Gasteiger partial charge in [-0.05, 0) is 31.4 Å². The number of nitrogens with zero attached hydrogens (tertiary/aromatic N) is 1. The Balaban J connectivity index is 2.35. The van der Waals surface area contributed by atoms with Crippen molar-refractivity contribution in [2.24, 2.45) is 5.92 Å². The van der Waals surface area contributed by atoms with Crippen LogP contribution in [0.1, 0.15) is 18.4 Å². The lowest BCUT2D eigenvalue weighted by molar-refractivity contribution is -0.128. The highest BCUT2D eigenvalue weighted by Gasteiger charge is 2.35. The van der Waals surface area contributed by atoms with Crippen molar-refractivity contribution in [3.63, 3.8) is 0 Å². The topological polar surface area (TPSA) is 63.7 Å². The first kappa shape index (κ1) is 14.4. The number of benzene rings is 1. The monoisotopic (exact) mass is 275 g/mol. The third-order valence-corrected chi connectivity index (χ3v) is 3.56. The Bertz CT molecular complexity index is 494.